The molecule has 1 aromatic heterocycles. The Kier molecular flexibility index (Phi) is 6.18. The Morgan fingerprint density at radius 2 is 1.91 bits per heavy atom. The lowest BCUT2D eigenvalue weighted by molar-refractivity contribution is -0.113. The second-order valence-electron chi connectivity index (χ2n) is 5.19. The van der Waals surface area contributed by atoms with E-state index in [-0.39, 0.29) is 5.91 Å². The zero-order valence-corrected chi connectivity index (χ0v) is 14.7. The second kappa shape index (κ2) is 8.12. The summed E-state index contributed by atoms with van der Waals surface area (Å²) in [7, 11) is -2.28. The highest BCUT2D eigenvalue weighted by Crippen LogP contribution is 2.25. The number of amides is 1. The van der Waals surface area contributed by atoms with Crippen LogP contribution in [0.3, 0.4) is 0 Å². The van der Waals surface area contributed by atoms with Gasteiger partial charge in [0.05, 0.1) is 17.1 Å². The van der Waals surface area contributed by atoms with Gasteiger partial charge in [-0.15, -0.1) is 11.8 Å². The van der Waals surface area contributed by atoms with Crippen LogP contribution in [0.15, 0.2) is 53.2 Å². The monoisotopic (exact) mass is 349 g/mol. The zero-order chi connectivity index (χ0) is 16.7. The summed E-state index contributed by atoms with van der Waals surface area (Å²) in [6.45, 7) is 0. The molecule has 0 atom stereocenters. The SMILES string of the molecule is CS(C)(=O)=Nc1ccccc1NC(=O)CSCc1ccncc1. The summed E-state index contributed by atoms with van der Waals surface area (Å²) >= 11 is 1.53. The third-order valence-electron chi connectivity index (χ3n) is 2.75. The van der Waals surface area contributed by atoms with Gasteiger partial charge in [-0.25, -0.2) is 4.21 Å². The molecule has 0 spiro atoms. The first-order valence-electron chi connectivity index (χ1n) is 6.97. The molecule has 1 heterocycles. The van der Waals surface area contributed by atoms with Crippen LogP contribution in [0.2, 0.25) is 0 Å². The third-order valence-corrected chi connectivity index (χ3v) is 4.39. The van der Waals surface area contributed by atoms with E-state index in [1.54, 1.807) is 43.1 Å². The van der Waals surface area contributed by atoms with E-state index in [1.165, 1.54) is 11.8 Å². The highest BCUT2D eigenvalue weighted by Gasteiger charge is 2.07. The maximum atomic E-state index is 12.1. The van der Waals surface area contributed by atoms with Crippen molar-refractivity contribution >= 4 is 38.8 Å². The lowest BCUT2D eigenvalue weighted by Gasteiger charge is -2.08. The Morgan fingerprint density at radius 1 is 1.22 bits per heavy atom. The summed E-state index contributed by atoms with van der Waals surface area (Å²) < 4.78 is 16.0. The van der Waals surface area contributed by atoms with Crippen molar-refractivity contribution in [2.24, 2.45) is 4.36 Å². The largest absolute Gasteiger partial charge is 0.323 e. The number of pyridine rings is 1. The topological polar surface area (TPSA) is 71.4 Å². The minimum absolute atomic E-state index is 0.106. The van der Waals surface area contributed by atoms with E-state index in [9.17, 15) is 9.00 Å². The molecule has 2 rings (SSSR count). The van der Waals surface area contributed by atoms with E-state index in [1.807, 2.05) is 18.2 Å². The quantitative estimate of drug-likeness (QED) is 0.868. The number of benzene rings is 1. The van der Waals surface area contributed by atoms with Crippen molar-refractivity contribution in [2.75, 3.05) is 23.6 Å². The number of carbonyl (C=O) groups excluding carboxylic acids is 1. The number of hydrogen-bond donors (Lipinski definition) is 1. The first-order chi connectivity index (χ1) is 10.9. The first kappa shape index (κ1) is 17.5. The number of anilines is 1. The number of carbonyl (C=O) groups is 1. The van der Waals surface area contributed by atoms with Crippen molar-refractivity contribution in [2.45, 2.75) is 5.75 Å². The molecule has 0 aliphatic heterocycles. The number of rotatable bonds is 6. The number of nitrogens with one attached hydrogen (secondary N) is 1. The van der Waals surface area contributed by atoms with Crippen molar-refractivity contribution in [3.8, 4) is 0 Å². The Morgan fingerprint density at radius 3 is 2.61 bits per heavy atom. The minimum atomic E-state index is -2.28. The van der Waals surface area contributed by atoms with Gasteiger partial charge in [0, 0.05) is 40.4 Å². The van der Waals surface area contributed by atoms with Crippen LogP contribution in [0, 0.1) is 0 Å². The van der Waals surface area contributed by atoms with Crippen molar-refractivity contribution in [1.82, 2.24) is 4.98 Å². The summed E-state index contributed by atoms with van der Waals surface area (Å²) in [4.78, 5) is 16.0. The smallest absolute Gasteiger partial charge is 0.234 e. The molecule has 23 heavy (non-hydrogen) atoms. The number of nitrogens with zero attached hydrogens (tertiary/aromatic N) is 2. The molecule has 0 saturated carbocycles. The Hall–Kier alpha value is -1.86. The summed E-state index contributed by atoms with van der Waals surface area (Å²) in [6.07, 6.45) is 6.60. The van der Waals surface area contributed by atoms with Gasteiger partial charge in [0.15, 0.2) is 0 Å². The van der Waals surface area contributed by atoms with Gasteiger partial charge in [-0.3, -0.25) is 9.78 Å². The number of thioether (sulfide) groups is 1. The predicted molar refractivity (Wildman–Crippen MR) is 97.5 cm³/mol. The van der Waals surface area contributed by atoms with Crippen LogP contribution in [-0.2, 0) is 20.3 Å². The van der Waals surface area contributed by atoms with E-state index in [2.05, 4.69) is 14.7 Å². The number of aromatic nitrogens is 1. The molecule has 0 aliphatic carbocycles. The molecule has 7 heteroatoms. The molecular weight excluding hydrogens is 330 g/mol. The molecule has 0 radical (unpaired) electrons. The first-order valence-corrected chi connectivity index (χ1v) is 10.5. The Balaban J connectivity index is 1.94. The fraction of sp³-hybridized carbons (Fsp3) is 0.250. The molecule has 0 unspecified atom stereocenters. The zero-order valence-electron chi connectivity index (χ0n) is 13.1. The van der Waals surface area contributed by atoms with E-state index in [0.717, 1.165) is 11.3 Å². The Labute approximate surface area is 141 Å². The maximum absolute atomic E-state index is 12.1. The van der Waals surface area contributed by atoms with Crippen molar-refractivity contribution < 1.29 is 9.00 Å². The molecule has 0 saturated heterocycles. The highest BCUT2D eigenvalue weighted by molar-refractivity contribution is 7.99. The molecule has 0 aliphatic rings. The van der Waals surface area contributed by atoms with Gasteiger partial charge in [0.1, 0.15) is 0 Å². The average Bonchev–Trinajstić information content (AvgIpc) is 2.49. The van der Waals surface area contributed by atoms with Crippen LogP contribution in [0.1, 0.15) is 5.56 Å². The standard InChI is InChI=1S/C16H19N3O2S2/c1-23(2,21)19-15-6-4-3-5-14(15)18-16(20)12-22-11-13-7-9-17-10-8-13/h3-10H,11-12H2,1-2H3,(H,18,20). The summed E-state index contributed by atoms with van der Waals surface area (Å²) in [5.41, 5.74) is 2.25. The van der Waals surface area contributed by atoms with Gasteiger partial charge in [-0.1, -0.05) is 12.1 Å². The molecular formula is C16H19N3O2S2. The molecule has 122 valence electrons. The molecule has 1 aromatic carbocycles. The van der Waals surface area contributed by atoms with Crippen molar-refractivity contribution in [3.05, 3.63) is 54.4 Å². The van der Waals surface area contributed by atoms with Crippen LogP contribution in [0.5, 0.6) is 0 Å². The molecule has 1 amide bonds. The van der Waals surface area contributed by atoms with Gasteiger partial charge in [0.25, 0.3) is 0 Å². The van der Waals surface area contributed by atoms with Gasteiger partial charge in [0.2, 0.25) is 5.91 Å². The summed E-state index contributed by atoms with van der Waals surface area (Å²) in [5, 5.41) is 2.83. The fourth-order valence-corrected chi connectivity index (χ4v) is 3.24. The maximum Gasteiger partial charge on any atom is 0.234 e. The molecule has 0 fully saturated rings. The van der Waals surface area contributed by atoms with Gasteiger partial charge in [-0.2, -0.15) is 4.36 Å². The van der Waals surface area contributed by atoms with Crippen LogP contribution in [-0.4, -0.2) is 33.4 Å². The lowest BCUT2D eigenvalue weighted by Crippen LogP contribution is -2.14. The van der Waals surface area contributed by atoms with Crippen molar-refractivity contribution in [1.29, 1.82) is 0 Å². The van der Waals surface area contributed by atoms with Gasteiger partial charge in [-0.05, 0) is 29.8 Å². The summed E-state index contributed by atoms with van der Waals surface area (Å²) in [5.74, 6) is 0.981. The van der Waals surface area contributed by atoms with Crippen LogP contribution >= 0.6 is 11.8 Å². The van der Waals surface area contributed by atoms with Crippen LogP contribution in [0.4, 0.5) is 11.4 Å². The van der Waals surface area contributed by atoms with Crippen molar-refractivity contribution in [3.63, 3.8) is 0 Å². The second-order valence-corrected chi connectivity index (χ2v) is 8.72. The van der Waals surface area contributed by atoms with E-state index < -0.39 is 9.73 Å². The number of para-hydroxylation sites is 1. The molecule has 1 N–H and O–H groups in total. The summed E-state index contributed by atoms with van der Waals surface area (Å²) in [6, 6.07) is 11.0. The highest BCUT2D eigenvalue weighted by atomic mass is 32.2. The lowest BCUT2D eigenvalue weighted by atomic mass is 10.3. The molecule has 5 nitrogen and oxygen atoms in total. The average molecular weight is 349 g/mol. The fourth-order valence-electron chi connectivity index (χ4n) is 1.82. The molecule has 0 bridgehead atoms. The van der Waals surface area contributed by atoms with Crippen LogP contribution in [0.25, 0.3) is 0 Å². The van der Waals surface area contributed by atoms with Crippen LogP contribution < -0.4 is 5.32 Å². The van der Waals surface area contributed by atoms with E-state index in [0.29, 0.717) is 17.1 Å². The predicted octanol–water partition coefficient (Wildman–Crippen LogP) is 3.31. The van der Waals surface area contributed by atoms with Gasteiger partial charge >= 0.3 is 0 Å². The van der Waals surface area contributed by atoms with E-state index in [4.69, 9.17) is 0 Å². The number of hydrogen-bond acceptors (Lipinski definition) is 5. The minimum Gasteiger partial charge on any atom is -0.323 e. The molecule has 2 aromatic rings. The third kappa shape index (κ3) is 6.42. The Bertz CT molecular complexity index is 777. The van der Waals surface area contributed by atoms with Gasteiger partial charge < -0.3 is 5.32 Å². The normalized spacial score (nSPS) is 11.0. The van der Waals surface area contributed by atoms with E-state index >= 15 is 0 Å².